The molecular weight excluding hydrogens is 439 g/mol. The number of anilines is 2. The summed E-state index contributed by atoms with van der Waals surface area (Å²) in [7, 11) is 1.47. The van der Waals surface area contributed by atoms with E-state index in [1.54, 1.807) is 31.2 Å². The maximum Gasteiger partial charge on any atom is 0.333 e. The van der Waals surface area contributed by atoms with Crippen LogP contribution in [0.25, 0.3) is 16.6 Å². The van der Waals surface area contributed by atoms with E-state index < -0.39 is 22.6 Å². The molecule has 174 valence electrons. The Labute approximate surface area is 193 Å². The van der Waals surface area contributed by atoms with Gasteiger partial charge in [-0.25, -0.2) is 9.18 Å². The molecule has 0 aliphatic carbocycles. The largest absolute Gasteiger partial charge is 0.338 e. The molecule has 0 spiro atoms. The Hall–Kier alpha value is -4.27. The van der Waals surface area contributed by atoms with Crippen molar-refractivity contribution in [3.63, 3.8) is 0 Å². The van der Waals surface area contributed by atoms with Crippen molar-refractivity contribution in [3.8, 4) is 5.69 Å². The second kappa shape index (κ2) is 8.93. The molecular formula is C25H23FN4O4. The number of aldehydes is 1. The molecule has 8 nitrogen and oxygen atoms in total. The van der Waals surface area contributed by atoms with Crippen molar-refractivity contribution in [1.29, 1.82) is 0 Å². The zero-order valence-corrected chi connectivity index (χ0v) is 18.9. The van der Waals surface area contributed by atoms with Crippen LogP contribution in [0.15, 0.2) is 56.8 Å². The predicted octanol–water partition coefficient (Wildman–Crippen LogP) is 3.01. The quantitative estimate of drug-likeness (QED) is 0.429. The van der Waals surface area contributed by atoms with Gasteiger partial charge in [0.15, 0.2) is 0 Å². The maximum absolute atomic E-state index is 14.6. The molecule has 0 radical (unpaired) electrons. The van der Waals surface area contributed by atoms with E-state index in [-0.39, 0.29) is 28.0 Å². The molecule has 9 heteroatoms. The summed E-state index contributed by atoms with van der Waals surface area (Å²) in [6.07, 6.45) is 1.61. The van der Waals surface area contributed by atoms with Gasteiger partial charge in [-0.05, 0) is 55.7 Å². The van der Waals surface area contributed by atoms with Crippen LogP contribution in [0.2, 0.25) is 0 Å². The Bertz CT molecular complexity index is 1610. The molecule has 2 heterocycles. The Morgan fingerprint density at radius 1 is 1.09 bits per heavy atom. The maximum atomic E-state index is 14.6. The standard InChI is InChI=1S/C25H23FN4O4/c1-14-9-10-19(18(26)12-14)27-22-20-21(15(2)24(33)29(22)3)30(25(34)28-23(20)32)17-8-4-6-16(13-17)7-5-11-31/h4,6,8-13,27H,5,7H2,1-3H3,(H,28,32,34). The highest BCUT2D eigenvalue weighted by Crippen LogP contribution is 2.27. The second-order valence-electron chi connectivity index (χ2n) is 8.14. The molecule has 0 saturated heterocycles. The third-order valence-electron chi connectivity index (χ3n) is 5.76. The lowest BCUT2D eigenvalue weighted by molar-refractivity contribution is -0.107. The van der Waals surface area contributed by atoms with Gasteiger partial charge in [0, 0.05) is 19.0 Å². The van der Waals surface area contributed by atoms with E-state index in [1.807, 2.05) is 6.07 Å². The van der Waals surface area contributed by atoms with Crippen molar-refractivity contribution in [1.82, 2.24) is 14.1 Å². The van der Waals surface area contributed by atoms with Crippen molar-refractivity contribution in [2.45, 2.75) is 26.7 Å². The third kappa shape index (κ3) is 3.96. The van der Waals surface area contributed by atoms with Crippen LogP contribution in [-0.2, 0) is 18.3 Å². The van der Waals surface area contributed by atoms with E-state index in [9.17, 15) is 23.6 Å². The molecule has 4 rings (SSSR count). The number of hydrogen-bond acceptors (Lipinski definition) is 5. The fourth-order valence-electron chi connectivity index (χ4n) is 4.05. The number of benzene rings is 2. The zero-order chi connectivity index (χ0) is 24.6. The summed E-state index contributed by atoms with van der Waals surface area (Å²) in [5, 5.41) is 2.91. The first-order chi connectivity index (χ1) is 16.2. The Kier molecular flexibility index (Phi) is 6.02. The average Bonchev–Trinajstić information content (AvgIpc) is 2.80. The molecule has 0 aliphatic rings. The van der Waals surface area contributed by atoms with Gasteiger partial charge in [-0.1, -0.05) is 18.2 Å². The van der Waals surface area contributed by atoms with Gasteiger partial charge in [-0.2, -0.15) is 0 Å². The number of hydrogen-bond donors (Lipinski definition) is 2. The van der Waals surface area contributed by atoms with Gasteiger partial charge in [0.25, 0.3) is 11.1 Å². The molecule has 0 bridgehead atoms. The van der Waals surface area contributed by atoms with Crippen LogP contribution in [0.1, 0.15) is 23.1 Å². The normalized spacial score (nSPS) is 11.1. The van der Waals surface area contributed by atoms with Crippen LogP contribution in [0.5, 0.6) is 0 Å². The lowest BCUT2D eigenvalue weighted by Gasteiger charge is -2.19. The van der Waals surface area contributed by atoms with Gasteiger partial charge >= 0.3 is 5.69 Å². The minimum atomic E-state index is -0.714. The smallest absolute Gasteiger partial charge is 0.333 e. The number of aromatic nitrogens is 3. The molecule has 2 N–H and O–H groups in total. The lowest BCUT2D eigenvalue weighted by atomic mass is 10.1. The summed E-state index contributed by atoms with van der Waals surface area (Å²) in [5.74, 6) is -0.491. The summed E-state index contributed by atoms with van der Waals surface area (Å²) in [4.78, 5) is 52.2. The number of nitrogens with zero attached hydrogens (tertiary/aromatic N) is 2. The van der Waals surface area contributed by atoms with Crippen molar-refractivity contribution >= 4 is 28.7 Å². The van der Waals surface area contributed by atoms with Crippen molar-refractivity contribution < 1.29 is 9.18 Å². The Balaban J connectivity index is 2.06. The molecule has 0 amide bonds. The second-order valence-corrected chi connectivity index (χ2v) is 8.14. The van der Waals surface area contributed by atoms with Gasteiger partial charge in [-0.3, -0.25) is 23.7 Å². The first-order valence-electron chi connectivity index (χ1n) is 10.7. The molecule has 0 aliphatic heterocycles. The number of aryl methyl sites for hydroxylation is 3. The van der Waals surface area contributed by atoms with Gasteiger partial charge in [0.2, 0.25) is 0 Å². The van der Waals surface area contributed by atoms with Crippen LogP contribution < -0.4 is 22.1 Å². The molecule has 4 aromatic rings. The van der Waals surface area contributed by atoms with Gasteiger partial charge < -0.3 is 10.1 Å². The van der Waals surface area contributed by atoms with Crippen molar-refractivity contribution in [3.05, 3.63) is 96.2 Å². The third-order valence-corrected chi connectivity index (χ3v) is 5.76. The Morgan fingerprint density at radius 2 is 1.85 bits per heavy atom. The monoisotopic (exact) mass is 462 g/mol. The number of nitrogens with one attached hydrogen (secondary N) is 2. The SMILES string of the molecule is Cc1ccc(Nc2c3c(=O)[nH]c(=O)n(-c4cccc(CCC=O)c4)c3c(C)c(=O)n2C)c(F)c1. The number of rotatable bonds is 6. The van der Waals surface area contributed by atoms with Crippen LogP contribution in [0, 0.1) is 19.7 Å². The number of carbonyl (C=O) groups excluding carboxylic acids is 1. The van der Waals surface area contributed by atoms with Gasteiger partial charge in [0.05, 0.1) is 16.9 Å². The highest BCUT2D eigenvalue weighted by atomic mass is 19.1. The highest BCUT2D eigenvalue weighted by Gasteiger charge is 2.21. The summed E-state index contributed by atoms with van der Waals surface area (Å²) >= 11 is 0. The van der Waals surface area contributed by atoms with Crippen molar-refractivity contribution in [2.24, 2.45) is 7.05 Å². The predicted molar refractivity (Wildman–Crippen MR) is 129 cm³/mol. The van der Waals surface area contributed by atoms with E-state index in [0.717, 1.165) is 11.8 Å². The van der Waals surface area contributed by atoms with E-state index in [4.69, 9.17) is 0 Å². The molecule has 0 fully saturated rings. The van der Waals surface area contributed by atoms with E-state index >= 15 is 0 Å². The molecule has 0 atom stereocenters. The summed E-state index contributed by atoms with van der Waals surface area (Å²) in [6, 6.07) is 11.5. The van der Waals surface area contributed by atoms with Gasteiger partial charge in [0.1, 0.15) is 23.3 Å². The molecule has 2 aromatic heterocycles. The molecule has 0 unspecified atom stereocenters. The summed E-state index contributed by atoms with van der Waals surface area (Å²) in [5.41, 5.74) is 0.490. The number of H-pyrrole nitrogens is 1. The van der Waals surface area contributed by atoms with Crippen LogP contribution in [0.4, 0.5) is 15.9 Å². The molecule has 2 aromatic carbocycles. The summed E-state index contributed by atoms with van der Waals surface area (Å²) in [6.45, 7) is 3.28. The fourth-order valence-corrected chi connectivity index (χ4v) is 4.05. The first kappa shape index (κ1) is 22.9. The topological polar surface area (TPSA) is 106 Å². The minimum absolute atomic E-state index is 0.0393. The fraction of sp³-hybridized carbons (Fsp3) is 0.200. The Morgan fingerprint density at radius 3 is 2.56 bits per heavy atom. The van der Waals surface area contributed by atoms with Crippen LogP contribution in [-0.4, -0.2) is 20.4 Å². The summed E-state index contributed by atoms with van der Waals surface area (Å²) < 4.78 is 17.1. The van der Waals surface area contributed by atoms with Gasteiger partial charge in [-0.15, -0.1) is 0 Å². The minimum Gasteiger partial charge on any atom is -0.338 e. The number of aromatic amines is 1. The van der Waals surface area contributed by atoms with E-state index in [2.05, 4.69) is 10.3 Å². The van der Waals surface area contributed by atoms with Crippen molar-refractivity contribution in [2.75, 3.05) is 5.32 Å². The van der Waals surface area contributed by atoms with Crippen LogP contribution >= 0.6 is 0 Å². The van der Waals surface area contributed by atoms with E-state index in [0.29, 0.717) is 24.1 Å². The highest BCUT2D eigenvalue weighted by molar-refractivity contribution is 5.93. The number of carbonyl (C=O) groups is 1. The number of fused-ring (bicyclic) bond motifs is 1. The van der Waals surface area contributed by atoms with Crippen LogP contribution in [0.3, 0.4) is 0 Å². The first-order valence-corrected chi connectivity index (χ1v) is 10.7. The molecule has 0 saturated carbocycles. The number of pyridine rings is 1. The zero-order valence-electron chi connectivity index (χ0n) is 18.9. The van der Waals surface area contributed by atoms with E-state index in [1.165, 1.54) is 35.2 Å². The lowest BCUT2D eigenvalue weighted by Crippen LogP contribution is -2.34. The number of halogens is 1. The average molecular weight is 462 g/mol. The molecule has 34 heavy (non-hydrogen) atoms.